The van der Waals surface area contributed by atoms with Crippen LogP contribution in [0.4, 0.5) is 0 Å². The van der Waals surface area contributed by atoms with Gasteiger partial charge >= 0.3 is 0 Å². The number of hydrogen-bond acceptors (Lipinski definition) is 4. The highest BCUT2D eigenvalue weighted by molar-refractivity contribution is 7.27. The minimum Gasteiger partial charge on any atom is -0.243 e. The first-order valence-electron chi connectivity index (χ1n) is 15.1. The van der Waals surface area contributed by atoms with E-state index in [1.165, 1.54) is 47.1 Å². The molecule has 0 unspecified atom stereocenters. The Labute approximate surface area is 262 Å². The minimum absolute atomic E-state index is 0.633. The van der Waals surface area contributed by atoms with E-state index in [9.17, 15) is 0 Å². The zero-order valence-electron chi connectivity index (χ0n) is 24.0. The van der Waals surface area contributed by atoms with Gasteiger partial charge in [0.25, 0.3) is 0 Å². The van der Waals surface area contributed by atoms with Crippen LogP contribution >= 0.6 is 11.3 Å². The highest BCUT2D eigenvalue weighted by Crippen LogP contribution is 2.46. The Morgan fingerprint density at radius 1 is 0.400 bits per heavy atom. The number of thiophene rings is 1. The lowest BCUT2D eigenvalue weighted by molar-refractivity contribution is 1.21. The third-order valence-electron chi connectivity index (χ3n) is 9.04. The van der Waals surface area contributed by atoms with E-state index in [1.54, 1.807) is 0 Å². The predicted molar refractivity (Wildman–Crippen MR) is 191 cm³/mol. The zero-order chi connectivity index (χ0) is 29.5. The SMILES string of the molecule is c1ccc2c(-c3nc(-c4nc5c6ccccc6c6sc7ccccc7c6c5c5ccccc45)nc4ccccc34)cccc2c1. The van der Waals surface area contributed by atoms with Crippen molar-refractivity contribution in [3.05, 3.63) is 140 Å². The van der Waals surface area contributed by atoms with Gasteiger partial charge in [0.1, 0.15) is 5.69 Å². The Kier molecular flexibility index (Phi) is 5.16. The number of aromatic nitrogens is 3. The van der Waals surface area contributed by atoms with Crippen LogP contribution in [0.15, 0.2) is 140 Å². The number of benzene rings is 7. The van der Waals surface area contributed by atoms with Crippen LogP contribution in [0.2, 0.25) is 0 Å². The second-order valence-electron chi connectivity index (χ2n) is 11.5. The molecule has 45 heavy (non-hydrogen) atoms. The predicted octanol–water partition coefficient (Wildman–Crippen LogP) is 11.3. The first-order valence-corrected chi connectivity index (χ1v) is 15.9. The molecule has 208 valence electrons. The summed E-state index contributed by atoms with van der Waals surface area (Å²) in [6.45, 7) is 0. The molecule has 3 aromatic heterocycles. The lowest BCUT2D eigenvalue weighted by atomic mass is 9.95. The molecule has 0 bridgehead atoms. The Hall–Kier alpha value is -5.71. The molecule has 7 aromatic carbocycles. The van der Waals surface area contributed by atoms with Gasteiger partial charge in [-0.2, -0.15) is 0 Å². The normalized spacial score (nSPS) is 12.0. The molecule has 0 saturated carbocycles. The van der Waals surface area contributed by atoms with Gasteiger partial charge in [0.2, 0.25) is 0 Å². The summed E-state index contributed by atoms with van der Waals surface area (Å²) in [6.07, 6.45) is 0. The molecule has 0 saturated heterocycles. The smallest absolute Gasteiger partial charge is 0.179 e. The van der Waals surface area contributed by atoms with Gasteiger partial charge in [-0.25, -0.2) is 15.0 Å². The molecule has 0 N–H and O–H groups in total. The molecule has 10 aromatic rings. The van der Waals surface area contributed by atoms with Crippen molar-refractivity contribution in [1.82, 2.24) is 15.0 Å². The molecule has 0 aliphatic heterocycles. The van der Waals surface area contributed by atoms with Gasteiger partial charge in [0.05, 0.1) is 16.7 Å². The van der Waals surface area contributed by atoms with E-state index < -0.39 is 0 Å². The standard InChI is InChI=1S/C41H23N3S/c1-2-14-25-24(12-1)13-11-21-27(25)37-31-19-7-9-22-33(31)42-41(44-37)39-28-16-4-3-15-26(28)35-36-32-20-8-10-23-34(32)45-40(36)30-18-6-5-17-29(30)38(35)43-39/h1-23H. The van der Waals surface area contributed by atoms with Crippen molar-refractivity contribution in [2.75, 3.05) is 0 Å². The van der Waals surface area contributed by atoms with Gasteiger partial charge in [-0.05, 0) is 28.3 Å². The number of nitrogens with zero attached hydrogens (tertiary/aromatic N) is 3. The summed E-state index contributed by atoms with van der Waals surface area (Å²) in [5.74, 6) is 0.633. The molecule has 3 nitrogen and oxygen atoms in total. The summed E-state index contributed by atoms with van der Waals surface area (Å²) >= 11 is 1.86. The lowest BCUT2D eigenvalue weighted by Gasteiger charge is -2.15. The van der Waals surface area contributed by atoms with Gasteiger partial charge in [-0.3, -0.25) is 0 Å². The maximum atomic E-state index is 5.52. The van der Waals surface area contributed by atoms with Crippen molar-refractivity contribution in [2.45, 2.75) is 0 Å². The summed E-state index contributed by atoms with van der Waals surface area (Å²) in [6, 6.07) is 49.3. The Morgan fingerprint density at radius 3 is 1.91 bits per heavy atom. The number of hydrogen-bond donors (Lipinski definition) is 0. The summed E-state index contributed by atoms with van der Waals surface area (Å²) in [5, 5.41) is 11.7. The first-order chi connectivity index (χ1) is 22.3. The Balaban J connectivity index is 1.38. The van der Waals surface area contributed by atoms with Gasteiger partial charge in [0.15, 0.2) is 5.82 Å². The molecule has 0 atom stereocenters. The van der Waals surface area contributed by atoms with Crippen molar-refractivity contribution in [3.63, 3.8) is 0 Å². The number of pyridine rings is 1. The third-order valence-corrected chi connectivity index (χ3v) is 10.2. The van der Waals surface area contributed by atoms with Crippen molar-refractivity contribution in [1.29, 1.82) is 0 Å². The van der Waals surface area contributed by atoms with E-state index in [2.05, 4.69) is 133 Å². The maximum absolute atomic E-state index is 5.52. The topological polar surface area (TPSA) is 38.7 Å². The van der Waals surface area contributed by atoms with Gasteiger partial charge in [0, 0.05) is 52.7 Å². The molecule has 3 heterocycles. The van der Waals surface area contributed by atoms with Crippen LogP contribution in [0.1, 0.15) is 0 Å². The average molecular weight is 590 g/mol. The summed E-state index contributed by atoms with van der Waals surface area (Å²) < 4.78 is 2.59. The monoisotopic (exact) mass is 589 g/mol. The second-order valence-corrected chi connectivity index (χ2v) is 12.6. The van der Waals surface area contributed by atoms with E-state index in [0.29, 0.717) is 5.82 Å². The fraction of sp³-hybridized carbons (Fsp3) is 0. The summed E-state index contributed by atoms with van der Waals surface area (Å²) in [5.41, 5.74) is 4.70. The van der Waals surface area contributed by atoms with Crippen LogP contribution in [0.25, 0.3) is 97.1 Å². The van der Waals surface area contributed by atoms with E-state index in [-0.39, 0.29) is 0 Å². The maximum Gasteiger partial charge on any atom is 0.179 e. The lowest BCUT2D eigenvalue weighted by Crippen LogP contribution is -1.99. The fourth-order valence-corrected chi connectivity index (χ4v) is 8.32. The van der Waals surface area contributed by atoms with Crippen molar-refractivity contribution < 1.29 is 0 Å². The molecule has 10 rings (SSSR count). The summed E-state index contributed by atoms with van der Waals surface area (Å²) in [4.78, 5) is 16.1. The molecule has 0 aliphatic rings. The fourth-order valence-electron chi connectivity index (χ4n) is 7.07. The van der Waals surface area contributed by atoms with E-state index >= 15 is 0 Å². The number of para-hydroxylation sites is 1. The highest BCUT2D eigenvalue weighted by atomic mass is 32.1. The Bertz CT molecular complexity index is 2830. The van der Waals surface area contributed by atoms with Crippen molar-refractivity contribution in [2.24, 2.45) is 0 Å². The van der Waals surface area contributed by atoms with Crippen LogP contribution in [-0.4, -0.2) is 15.0 Å². The van der Waals surface area contributed by atoms with Gasteiger partial charge < -0.3 is 0 Å². The molecule has 0 amide bonds. The van der Waals surface area contributed by atoms with Gasteiger partial charge in [-0.15, -0.1) is 11.3 Å². The van der Waals surface area contributed by atoms with Crippen LogP contribution in [0.3, 0.4) is 0 Å². The van der Waals surface area contributed by atoms with Crippen LogP contribution in [0.5, 0.6) is 0 Å². The number of rotatable bonds is 2. The van der Waals surface area contributed by atoms with Gasteiger partial charge in [-0.1, -0.05) is 127 Å². The number of fused-ring (bicyclic) bond motifs is 12. The second kappa shape index (κ2) is 9.39. The molecule has 0 fully saturated rings. The molecule has 0 spiro atoms. The summed E-state index contributed by atoms with van der Waals surface area (Å²) in [7, 11) is 0. The zero-order valence-corrected chi connectivity index (χ0v) is 24.8. The molecule has 0 aliphatic carbocycles. The van der Waals surface area contributed by atoms with Crippen molar-refractivity contribution >= 4 is 85.6 Å². The van der Waals surface area contributed by atoms with Crippen LogP contribution in [0, 0.1) is 0 Å². The Morgan fingerprint density at radius 2 is 1.04 bits per heavy atom. The van der Waals surface area contributed by atoms with E-state index in [1.807, 2.05) is 17.4 Å². The molecule has 4 heteroatoms. The van der Waals surface area contributed by atoms with Crippen LogP contribution < -0.4 is 0 Å². The minimum atomic E-state index is 0.633. The highest BCUT2D eigenvalue weighted by Gasteiger charge is 2.21. The van der Waals surface area contributed by atoms with Crippen molar-refractivity contribution in [3.8, 4) is 22.8 Å². The molecular formula is C41H23N3S. The average Bonchev–Trinajstić information content (AvgIpc) is 3.50. The third kappa shape index (κ3) is 3.54. The van der Waals surface area contributed by atoms with Crippen LogP contribution in [-0.2, 0) is 0 Å². The van der Waals surface area contributed by atoms with E-state index in [4.69, 9.17) is 15.0 Å². The largest absolute Gasteiger partial charge is 0.243 e. The molecular weight excluding hydrogens is 567 g/mol. The van der Waals surface area contributed by atoms with E-state index in [0.717, 1.165) is 44.1 Å². The first kappa shape index (κ1) is 24.7. The quantitative estimate of drug-likeness (QED) is 0.188. The molecule has 0 radical (unpaired) electrons.